The molecule has 6 heteroatoms. The summed E-state index contributed by atoms with van der Waals surface area (Å²) in [5, 5.41) is 0. The topological polar surface area (TPSA) is 78.9 Å². The van der Waals surface area contributed by atoms with Gasteiger partial charge in [0, 0.05) is 20.3 Å². The second kappa shape index (κ2) is 7.93. The van der Waals surface area contributed by atoms with E-state index in [0.29, 0.717) is 6.29 Å². The van der Waals surface area contributed by atoms with Crippen LogP contribution in [0.5, 0.6) is 0 Å². The van der Waals surface area contributed by atoms with Gasteiger partial charge in [-0.1, -0.05) is 0 Å². The minimum atomic E-state index is -0.952. The third kappa shape index (κ3) is 8.89. The van der Waals surface area contributed by atoms with Crippen LogP contribution in [-0.4, -0.2) is 37.7 Å². The molecule has 86 valence electrons. The van der Waals surface area contributed by atoms with Crippen molar-refractivity contribution in [1.29, 1.82) is 0 Å². The number of carbonyl (C=O) groups is 3. The van der Waals surface area contributed by atoms with Gasteiger partial charge in [0.25, 0.3) is 0 Å². The van der Waals surface area contributed by atoms with Crippen LogP contribution in [0.4, 0.5) is 0 Å². The minimum absolute atomic E-state index is 0.0349. The average molecular weight is 218 g/mol. The zero-order valence-corrected chi connectivity index (χ0v) is 8.73. The first kappa shape index (κ1) is 13.6. The predicted molar refractivity (Wildman–Crippen MR) is 48.8 cm³/mol. The van der Waals surface area contributed by atoms with Crippen molar-refractivity contribution in [1.82, 2.24) is 0 Å². The second-order valence-corrected chi connectivity index (χ2v) is 2.68. The SMILES string of the molecule is CC(=O)OC(CCOCC=O)OC(C)=O. The second-order valence-electron chi connectivity index (χ2n) is 2.68. The molecule has 0 N–H and O–H groups in total. The van der Waals surface area contributed by atoms with Crippen molar-refractivity contribution in [2.45, 2.75) is 26.6 Å². The van der Waals surface area contributed by atoms with Gasteiger partial charge in [-0.05, 0) is 0 Å². The first-order valence-corrected chi connectivity index (χ1v) is 4.42. The Hall–Kier alpha value is -1.43. The molecule has 0 bridgehead atoms. The van der Waals surface area contributed by atoms with Crippen molar-refractivity contribution in [2.24, 2.45) is 0 Å². The van der Waals surface area contributed by atoms with Crippen LogP contribution in [0.3, 0.4) is 0 Å². The summed E-state index contributed by atoms with van der Waals surface area (Å²) in [5.41, 5.74) is 0. The Kier molecular flexibility index (Phi) is 7.17. The van der Waals surface area contributed by atoms with E-state index in [1.165, 1.54) is 13.8 Å². The van der Waals surface area contributed by atoms with Crippen LogP contribution in [0, 0.1) is 0 Å². The van der Waals surface area contributed by atoms with Crippen LogP contribution < -0.4 is 0 Å². The molecule has 0 rings (SSSR count). The summed E-state index contributed by atoms with van der Waals surface area (Å²) in [6.45, 7) is 2.56. The fourth-order valence-electron chi connectivity index (χ4n) is 0.823. The van der Waals surface area contributed by atoms with E-state index >= 15 is 0 Å². The molecule has 0 amide bonds. The van der Waals surface area contributed by atoms with Crippen molar-refractivity contribution in [3.63, 3.8) is 0 Å². The number of rotatable bonds is 7. The Bertz CT molecular complexity index is 209. The van der Waals surface area contributed by atoms with Crippen molar-refractivity contribution < 1.29 is 28.6 Å². The van der Waals surface area contributed by atoms with Crippen LogP contribution in [0.2, 0.25) is 0 Å². The Morgan fingerprint density at radius 1 is 1.20 bits per heavy atom. The van der Waals surface area contributed by atoms with Gasteiger partial charge >= 0.3 is 11.9 Å². The fourth-order valence-corrected chi connectivity index (χ4v) is 0.823. The first-order valence-electron chi connectivity index (χ1n) is 4.42. The van der Waals surface area contributed by atoms with Crippen LogP contribution in [0.25, 0.3) is 0 Å². The van der Waals surface area contributed by atoms with Crippen molar-refractivity contribution in [3.05, 3.63) is 0 Å². The molecule has 0 aliphatic rings. The molecular weight excluding hydrogens is 204 g/mol. The molecular formula is C9H14O6. The lowest BCUT2D eigenvalue weighted by Gasteiger charge is -2.15. The van der Waals surface area contributed by atoms with Gasteiger partial charge in [0.05, 0.1) is 6.61 Å². The van der Waals surface area contributed by atoms with E-state index in [1.807, 2.05) is 0 Å². The Morgan fingerprint density at radius 2 is 1.73 bits per heavy atom. The lowest BCUT2D eigenvalue weighted by atomic mass is 10.4. The number of carbonyl (C=O) groups excluding carboxylic acids is 3. The van der Waals surface area contributed by atoms with Crippen LogP contribution in [0.1, 0.15) is 20.3 Å². The first-order chi connectivity index (χ1) is 7.06. The number of hydrogen-bond acceptors (Lipinski definition) is 6. The summed E-state index contributed by atoms with van der Waals surface area (Å²) in [6, 6.07) is 0. The van der Waals surface area contributed by atoms with E-state index < -0.39 is 18.2 Å². The third-order valence-electron chi connectivity index (χ3n) is 1.28. The zero-order valence-electron chi connectivity index (χ0n) is 8.73. The molecule has 0 heterocycles. The van der Waals surface area contributed by atoms with Crippen LogP contribution >= 0.6 is 0 Å². The van der Waals surface area contributed by atoms with Crippen molar-refractivity contribution >= 4 is 18.2 Å². The number of hydrogen-bond donors (Lipinski definition) is 0. The summed E-state index contributed by atoms with van der Waals surface area (Å²) in [7, 11) is 0. The highest BCUT2D eigenvalue weighted by atomic mass is 16.7. The van der Waals surface area contributed by atoms with Gasteiger partial charge in [0.1, 0.15) is 12.9 Å². The molecule has 0 atom stereocenters. The maximum Gasteiger partial charge on any atom is 0.305 e. The summed E-state index contributed by atoms with van der Waals surface area (Å²) in [5.74, 6) is -1.09. The van der Waals surface area contributed by atoms with Gasteiger partial charge in [-0.3, -0.25) is 9.59 Å². The number of aldehydes is 1. The lowest BCUT2D eigenvalue weighted by Crippen LogP contribution is -2.24. The standard InChI is InChI=1S/C9H14O6/c1-7(11)14-9(15-8(2)12)3-5-13-6-4-10/h4,9H,3,5-6H2,1-2H3. The van der Waals surface area contributed by atoms with E-state index in [4.69, 9.17) is 14.2 Å². The molecule has 0 aliphatic carbocycles. The van der Waals surface area contributed by atoms with Gasteiger partial charge in [-0.25, -0.2) is 0 Å². The molecule has 0 aromatic rings. The molecule has 0 spiro atoms. The van der Waals surface area contributed by atoms with Crippen molar-refractivity contribution in [3.8, 4) is 0 Å². The minimum Gasteiger partial charge on any atom is -0.425 e. The zero-order chi connectivity index (χ0) is 11.7. The van der Waals surface area contributed by atoms with E-state index in [0.717, 1.165) is 0 Å². The molecule has 0 aliphatic heterocycles. The Labute approximate surface area is 87.5 Å². The molecule has 0 aromatic carbocycles. The van der Waals surface area contributed by atoms with Gasteiger partial charge in [0.2, 0.25) is 6.29 Å². The number of esters is 2. The maximum atomic E-state index is 10.6. The fraction of sp³-hybridized carbons (Fsp3) is 0.667. The quantitative estimate of drug-likeness (QED) is 0.260. The largest absolute Gasteiger partial charge is 0.425 e. The molecule has 0 fully saturated rings. The molecule has 0 saturated heterocycles. The predicted octanol–water partition coefficient (Wildman–Crippen LogP) is 0.0443. The normalized spacial score (nSPS) is 9.80. The molecule has 15 heavy (non-hydrogen) atoms. The van der Waals surface area contributed by atoms with E-state index in [1.54, 1.807) is 0 Å². The van der Waals surface area contributed by atoms with Gasteiger partial charge < -0.3 is 19.0 Å². The van der Waals surface area contributed by atoms with Gasteiger partial charge in [-0.15, -0.1) is 0 Å². The average Bonchev–Trinajstić information content (AvgIpc) is 2.10. The molecule has 6 nitrogen and oxygen atoms in total. The van der Waals surface area contributed by atoms with Crippen LogP contribution in [-0.2, 0) is 28.6 Å². The molecule has 0 radical (unpaired) electrons. The Balaban J connectivity index is 3.84. The van der Waals surface area contributed by atoms with Gasteiger partial charge in [0.15, 0.2) is 0 Å². The smallest absolute Gasteiger partial charge is 0.305 e. The van der Waals surface area contributed by atoms with Gasteiger partial charge in [-0.2, -0.15) is 0 Å². The van der Waals surface area contributed by atoms with E-state index in [-0.39, 0.29) is 19.6 Å². The maximum absolute atomic E-state index is 10.6. The summed E-state index contributed by atoms with van der Waals surface area (Å²) in [6.07, 6.45) is -0.147. The highest BCUT2D eigenvalue weighted by molar-refractivity contribution is 5.68. The summed E-state index contributed by atoms with van der Waals surface area (Å²) in [4.78, 5) is 31.1. The van der Waals surface area contributed by atoms with Crippen molar-refractivity contribution in [2.75, 3.05) is 13.2 Å². The van der Waals surface area contributed by atoms with E-state index in [9.17, 15) is 14.4 Å². The molecule has 0 saturated carbocycles. The summed E-state index contributed by atoms with van der Waals surface area (Å²) < 4.78 is 14.2. The third-order valence-corrected chi connectivity index (χ3v) is 1.28. The van der Waals surface area contributed by atoms with Crippen LogP contribution in [0.15, 0.2) is 0 Å². The molecule has 0 unspecified atom stereocenters. The highest BCUT2D eigenvalue weighted by Gasteiger charge is 2.14. The monoisotopic (exact) mass is 218 g/mol. The van der Waals surface area contributed by atoms with E-state index in [2.05, 4.69) is 0 Å². The number of ether oxygens (including phenoxy) is 3. The lowest BCUT2D eigenvalue weighted by molar-refractivity contribution is -0.187. The summed E-state index contributed by atoms with van der Waals surface area (Å²) >= 11 is 0. The highest BCUT2D eigenvalue weighted by Crippen LogP contribution is 2.02. The Morgan fingerprint density at radius 3 is 2.13 bits per heavy atom. The molecule has 0 aromatic heterocycles.